The van der Waals surface area contributed by atoms with E-state index < -0.39 is 0 Å². The van der Waals surface area contributed by atoms with Crippen LogP contribution in [0.15, 0.2) is 64.3 Å². The Labute approximate surface area is 221 Å². The van der Waals surface area contributed by atoms with Crippen molar-refractivity contribution in [2.45, 2.75) is 32.4 Å². The summed E-state index contributed by atoms with van der Waals surface area (Å²) in [5, 5.41) is 2.92. The number of amides is 1. The van der Waals surface area contributed by atoms with Gasteiger partial charge < -0.3 is 10.2 Å². The van der Waals surface area contributed by atoms with E-state index in [0.29, 0.717) is 11.4 Å². The molecule has 0 unspecified atom stereocenters. The number of benzene rings is 1. The Morgan fingerprint density at radius 1 is 1.06 bits per heavy atom. The molecular weight excluding hydrogens is 551 g/mol. The maximum absolute atomic E-state index is 13.0. The third-order valence-electron chi connectivity index (χ3n) is 5.98. The van der Waals surface area contributed by atoms with Crippen LogP contribution in [0.25, 0.3) is 11.1 Å². The summed E-state index contributed by atoms with van der Waals surface area (Å²) in [7, 11) is 3.99. The molecule has 8 heteroatoms. The summed E-state index contributed by atoms with van der Waals surface area (Å²) in [6.07, 6.45) is 9.37. The largest absolute Gasteiger partial charge is 0.319 e. The average Bonchev–Trinajstić information content (AvgIpc) is 2.86. The van der Waals surface area contributed by atoms with Crippen LogP contribution in [0.3, 0.4) is 0 Å². The Kier molecular flexibility index (Phi) is 8.95. The van der Waals surface area contributed by atoms with Crippen molar-refractivity contribution >= 4 is 40.2 Å². The van der Waals surface area contributed by atoms with Gasteiger partial charge in [-0.05, 0) is 75.4 Å². The van der Waals surface area contributed by atoms with Gasteiger partial charge in [-0.1, -0.05) is 24.6 Å². The van der Waals surface area contributed by atoms with E-state index in [4.69, 9.17) is 0 Å². The monoisotopic (exact) mass is 582 g/mol. The number of pyridine rings is 2. The summed E-state index contributed by atoms with van der Waals surface area (Å²) >= 11 is 1.88. The molecule has 0 radical (unpaired) electrons. The van der Waals surface area contributed by atoms with E-state index in [1.165, 1.54) is 24.8 Å². The molecule has 0 bridgehead atoms. The lowest BCUT2D eigenvalue weighted by Gasteiger charge is -2.26. The Morgan fingerprint density at radius 2 is 1.89 bits per heavy atom. The lowest BCUT2D eigenvalue weighted by atomic mass is 10.0. The Balaban J connectivity index is 1.48. The number of rotatable bonds is 8. The third kappa shape index (κ3) is 7.16. The summed E-state index contributed by atoms with van der Waals surface area (Å²) in [4.78, 5) is 26.5. The van der Waals surface area contributed by atoms with Gasteiger partial charge in [0.05, 0.1) is 40.4 Å². The standard InChI is InChI=1S/C27H31IN6O/c1-33(2)19-25-10-9-24(17-30-25)31-27(35)26(32-28)22-8-6-7-21(14-22)23-13-20(15-29-16-23)18-34-11-4-3-5-12-34/h6-10,13-17H,3-5,11-12,18-19H2,1-2H3,(H,31,35). The maximum atomic E-state index is 13.0. The quantitative estimate of drug-likeness (QED) is 0.300. The lowest BCUT2D eigenvalue weighted by molar-refractivity contribution is -0.110. The minimum Gasteiger partial charge on any atom is -0.319 e. The number of anilines is 1. The van der Waals surface area contributed by atoms with Crippen LogP contribution in [-0.2, 0) is 17.9 Å². The number of piperidine rings is 1. The molecule has 1 aromatic carbocycles. The normalized spacial score (nSPS) is 14.8. The van der Waals surface area contributed by atoms with Crippen molar-refractivity contribution in [2.24, 2.45) is 3.21 Å². The number of nitrogens with zero attached hydrogens (tertiary/aromatic N) is 5. The molecule has 3 aromatic rings. The van der Waals surface area contributed by atoms with Crippen LogP contribution >= 0.6 is 22.9 Å². The highest BCUT2D eigenvalue weighted by Gasteiger charge is 2.16. The molecule has 0 saturated carbocycles. The molecule has 0 spiro atoms. The number of carbonyl (C=O) groups is 1. The molecule has 35 heavy (non-hydrogen) atoms. The van der Waals surface area contributed by atoms with E-state index in [-0.39, 0.29) is 5.91 Å². The van der Waals surface area contributed by atoms with Crippen molar-refractivity contribution in [3.05, 3.63) is 77.9 Å². The smallest absolute Gasteiger partial charge is 0.275 e. The van der Waals surface area contributed by atoms with E-state index in [1.54, 1.807) is 6.20 Å². The number of halogens is 1. The van der Waals surface area contributed by atoms with Gasteiger partial charge in [-0.2, -0.15) is 0 Å². The van der Waals surface area contributed by atoms with Crippen LogP contribution < -0.4 is 5.32 Å². The molecule has 0 aliphatic carbocycles. The fourth-order valence-electron chi connectivity index (χ4n) is 4.28. The molecule has 7 nitrogen and oxygen atoms in total. The molecule has 1 aliphatic rings. The first-order chi connectivity index (χ1) is 17.0. The zero-order chi connectivity index (χ0) is 24.6. The van der Waals surface area contributed by atoms with Crippen molar-refractivity contribution in [1.82, 2.24) is 19.8 Å². The fraction of sp³-hybridized carbons (Fsp3) is 0.333. The second-order valence-electron chi connectivity index (χ2n) is 9.16. The summed E-state index contributed by atoms with van der Waals surface area (Å²) in [5.74, 6) is -0.268. The minimum atomic E-state index is -0.268. The molecule has 1 N–H and O–H groups in total. The zero-order valence-electron chi connectivity index (χ0n) is 20.2. The second-order valence-corrected chi connectivity index (χ2v) is 9.65. The Morgan fingerprint density at radius 3 is 2.60 bits per heavy atom. The molecule has 0 atom stereocenters. The highest BCUT2D eigenvalue weighted by Crippen LogP contribution is 2.23. The van der Waals surface area contributed by atoms with Gasteiger partial charge in [-0.3, -0.25) is 19.7 Å². The highest BCUT2D eigenvalue weighted by molar-refractivity contribution is 14.1. The first-order valence-electron chi connectivity index (χ1n) is 11.9. The molecule has 182 valence electrons. The number of hydrogen-bond donors (Lipinski definition) is 1. The van der Waals surface area contributed by atoms with Crippen LogP contribution in [0.1, 0.15) is 36.1 Å². The molecular formula is C27H31IN6O. The lowest BCUT2D eigenvalue weighted by Crippen LogP contribution is -2.29. The van der Waals surface area contributed by atoms with Crippen molar-refractivity contribution in [1.29, 1.82) is 0 Å². The number of hydrogen-bond acceptors (Lipinski definition) is 6. The van der Waals surface area contributed by atoms with E-state index >= 15 is 0 Å². The first-order valence-corrected chi connectivity index (χ1v) is 12.9. The zero-order valence-corrected chi connectivity index (χ0v) is 22.4. The van der Waals surface area contributed by atoms with Gasteiger partial charge in [0.1, 0.15) is 5.71 Å². The third-order valence-corrected chi connectivity index (χ3v) is 6.46. The van der Waals surface area contributed by atoms with Gasteiger partial charge in [0.15, 0.2) is 0 Å². The molecule has 1 amide bonds. The van der Waals surface area contributed by atoms with Gasteiger partial charge in [0, 0.05) is 36.6 Å². The fourth-order valence-corrected chi connectivity index (χ4v) is 4.78. The maximum Gasteiger partial charge on any atom is 0.275 e. The summed E-state index contributed by atoms with van der Waals surface area (Å²) in [5.41, 5.74) is 5.96. The van der Waals surface area contributed by atoms with E-state index in [9.17, 15) is 4.79 Å². The van der Waals surface area contributed by atoms with Crippen molar-refractivity contribution in [3.63, 3.8) is 0 Å². The molecule has 3 heterocycles. The number of nitrogens with one attached hydrogen (secondary N) is 1. The number of carbonyl (C=O) groups excluding carboxylic acids is 1. The van der Waals surface area contributed by atoms with Crippen LogP contribution in [0.2, 0.25) is 0 Å². The van der Waals surface area contributed by atoms with Crippen molar-refractivity contribution < 1.29 is 4.79 Å². The first kappa shape index (κ1) is 25.4. The predicted molar refractivity (Wildman–Crippen MR) is 150 cm³/mol. The van der Waals surface area contributed by atoms with Gasteiger partial charge >= 0.3 is 0 Å². The van der Waals surface area contributed by atoms with Crippen LogP contribution in [-0.4, -0.2) is 58.6 Å². The van der Waals surface area contributed by atoms with E-state index in [2.05, 4.69) is 29.5 Å². The molecule has 1 fully saturated rings. The highest BCUT2D eigenvalue weighted by atomic mass is 127. The van der Waals surface area contributed by atoms with E-state index in [1.807, 2.05) is 90.7 Å². The van der Waals surface area contributed by atoms with E-state index in [0.717, 1.165) is 48.6 Å². The van der Waals surface area contributed by atoms with Gasteiger partial charge in [0.25, 0.3) is 5.91 Å². The Hall–Kier alpha value is -2.69. The summed E-state index contributed by atoms with van der Waals surface area (Å²) < 4.78 is 4.27. The summed E-state index contributed by atoms with van der Waals surface area (Å²) in [6, 6.07) is 13.9. The second kappa shape index (κ2) is 12.3. The predicted octanol–water partition coefficient (Wildman–Crippen LogP) is 4.97. The Bertz CT molecular complexity index is 1170. The molecule has 2 aromatic heterocycles. The van der Waals surface area contributed by atoms with Crippen LogP contribution in [0.5, 0.6) is 0 Å². The topological polar surface area (TPSA) is 73.7 Å². The van der Waals surface area contributed by atoms with Gasteiger partial charge in [-0.15, -0.1) is 0 Å². The number of aromatic nitrogens is 2. The summed E-state index contributed by atoms with van der Waals surface area (Å²) in [6.45, 7) is 3.97. The van der Waals surface area contributed by atoms with Gasteiger partial charge in [0.2, 0.25) is 0 Å². The van der Waals surface area contributed by atoms with Gasteiger partial charge in [-0.25, -0.2) is 3.21 Å². The minimum absolute atomic E-state index is 0.268. The average molecular weight is 582 g/mol. The molecule has 1 aliphatic heterocycles. The van der Waals surface area contributed by atoms with Crippen molar-refractivity contribution in [2.75, 3.05) is 32.5 Å². The van der Waals surface area contributed by atoms with Crippen molar-refractivity contribution in [3.8, 4) is 11.1 Å². The molecule has 1 saturated heterocycles. The SMILES string of the molecule is CN(C)Cc1ccc(NC(=O)C(=NI)c2cccc(-c3cncc(CN4CCCCC4)c3)c2)cn1. The van der Waals surface area contributed by atoms with Crippen LogP contribution in [0.4, 0.5) is 5.69 Å². The van der Waals surface area contributed by atoms with Crippen LogP contribution in [0, 0.1) is 0 Å². The number of likely N-dealkylation sites (tertiary alicyclic amines) is 1. The molecule has 4 rings (SSSR count).